The van der Waals surface area contributed by atoms with E-state index >= 15 is 0 Å². The van der Waals surface area contributed by atoms with Gasteiger partial charge in [-0.3, -0.25) is 0 Å². The molecule has 0 bridgehead atoms. The Morgan fingerprint density at radius 2 is 2.39 bits per heavy atom. The maximum atomic E-state index is 11.3. The SMILES string of the molecule is COCC1CCN(c2cccc(Cl)c2C(=O)O)C1. The van der Waals surface area contributed by atoms with E-state index in [0.29, 0.717) is 18.2 Å². The van der Waals surface area contributed by atoms with E-state index in [1.165, 1.54) is 0 Å². The van der Waals surface area contributed by atoms with Gasteiger partial charge in [0.25, 0.3) is 0 Å². The zero-order valence-corrected chi connectivity index (χ0v) is 11.0. The average Bonchev–Trinajstić information content (AvgIpc) is 2.77. The summed E-state index contributed by atoms with van der Waals surface area (Å²) in [7, 11) is 1.69. The van der Waals surface area contributed by atoms with Gasteiger partial charge in [-0.05, 0) is 18.6 Å². The maximum absolute atomic E-state index is 11.3. The number of carboxylic acids is 1. The van der Waals surface area contributed by atoms with E-state index in [2.05, 4.69) is 4.90 Å². The highest BCUT2D eigenvalue weighted by Gasteiger charge is 2.26. The molecular weight excluding hydrogens is 254 g/mol. The topological polar surface area (TPSA) is 49.8 Å². The van der Waals surface area contributed by atoms with E-state index in [-0.39, 0.29) is 10.6 Å². The van der Waals surface area contributed by atoms with Crippen LogP contribution in [0.3, 0.4) is 0 Å². The summed E-state index contributed by atoms with van der Waals surface area (Å²) in [6, 6.07) is 5.20. The Kier molecular flexibility index (Phi) is 4.09. The molecular formula is C13H16ClNO3. The minimum atomic E-state index is -0.981. The van der Waals surface area contributed by atoms with Crippen molar-refractivity contribution in [2.45, 2.75) is 6.42 Å². The number of ether oxygens (including phenoxy) is 1. The molecule has 0 aliphatic carbocycles. The van der Waals surface area contributed by atoms with Crippen LogP contribution in [0, 0.1) is 5.92 Å². The fourth-order valence-electron chi connectivity index (χ4n) is 2.41. The van der Waals surface area contributed by atoms with Gasteiger partial charge in [-0.2, -0.15) is 0 Å². The van der Waals surface area contributed by atoms with E-state index in [1.54, 1.807) is 19.2 Å². The van der Waals surface area contributed by atoms with Crippen molar-refractivity contribution >= 4 is 23.3 Å². The Hall–Kier alpha value is -1.26. The van der Waals surface area contributed by atoms with Gasteiger partial charge in [0.2, 0.25) is 0 Å². The number of hydrogen-bond donors (Lipinski definition) is 1. The van der Waals surface area contributed by atoms with Gasteiger partial charge in [0, 0.05) is 26.1 Å². The highest BCUT2D eigenvalue weighted by molar-refractivity contribution is 6.34. The summed E-state index contributed by atoms with van der Waals surface area (Å²) in [6.07, 6.45) is 1.01. The number of methoxy groups -OCH3 is 1. The van der Waals surface area contributed by atoms with Gasteiger partial charge in [-0.15, -0.1) is 0 Å². The van der Waals surface area contributed by atoms with E-state index in [4.69, 9.17) is 16.3 Å². The predicted molar refractivity (Wildman–Crippen MR) is 70.6 cm³/mol. The molecule has 0 spiro atoms. The quantitative estimate of drug-likeness (QED) is 0.912. The molecule has 1 heterocycles. The van der Waals surface area contributed by atoms with Crippen molar-refractivity contribution in [3.8, 4) is 0 Å². The third-order valence-corrected chi connectivity index (χ3v) is 3.55. The summed E-state index contributed by atoms with van der Waals surface area (Å²) >= 11 is 5.97. The maximum Gasteiger partial charge on any atom is 0.339 e. The minimum Gasteiger partial charge on any atom is -0.478 e. The standard InChI is InChI=1S/C13H16ClNO3/c1-18-8-9-5-6-15(7-9)11-4-2-3-10(14)12(11)13(16)17/h2-4,9H,5-8H2,1H3,(H,16,17). The second-order valence-corrected chi connectivity index (χ2v) is 4.90. The van der Waals surface area contributed by atoms with Crippen molar-refractivity contribution in [3.63, 3.8) is 0 Å². The Balaban J connectivity index is 2.24. The summed E-state index contributed by atoms with van der Waals surface area (Å²) < 4.78 is 5.14. The largest absolute Gasteiger partial charge is 0.478 e. The lowest BCUT2D eigenvalue weighted by Crippen LogP contribution is -2.23. The molecule has 1 aromatic rings. The molecule has 1 fully saturated rings. The summed E-state index contributed by atoms with van der Waals surface area (Å²) in [5, 5.41) is 9.53. The molecule has 18 heavy (non-hydrogen) atoms. The van der Waals surface area contributed by atoms with Crippen LogP contribution < -0.4 is 4.90 Å². The van der Waals surface area contributed by atoms with E-state index in [0.717, 1.165) is 19.5 Å². The summed E-state index contributed by atoms with van der Waals surface area (Å²) in [6.45, 7) is 2.36. The van der Waals surface area contributed by atoms with Crippen molar-refractivity contribution in [2.75, 3.05) is 31.7 Å². The van der Waals surface area contributed by atoms with Crippen molar-refractivity contribution in [3.05, 3.63) is 28.8 Å². The molecule has 2 rings (SSSR count). The number of benzene rings is 1. The lowest BCUT2D eigenvalue weighted by atomic mass is 10.1. The third kappa shape index (κ3) is 2.60. The second kappa shape index (κ2) is 5.59. The zero-order chi connectivity index (χ0) is 13.1. The van der Waals surface area contributed by atoms with E-state index in [9.17, 15) is 9.90 Å². The molecule has 0 saturated carbocycles. The highest BCUT2D eigenvalue weighted by atomic mass is 35.5. The Morgan fingerprint density at radius 1 is 1.61 bits per heavy atom. The van der Waals surface area contributed by atoms with Crippen molar-refractivity contribution < 1.29 is 14.6 Å². The number of aromatic carboxylic acids is 1. The van der Waals surface area contributed by atoms with Crippen LogP contribution in [0.2, 0.25) is 5.02 Å². The Morgan fingerprint density at radius 3 is 3.06 bits per heavy atom. The van der Waals surface area contributed by atoms with Crippen LogP contribution in [0.1, 0.15) is 16.8 Å². The lowest BCUT2D eigenvalue weighted by molar-refractivity contribution is 0.0698. The smallest absolute Gasteiger partial charge is 0.339 e. The third-order valence-electron chi connectivity index (χ3n) is 3.23. The molecule has 0 radical (unpaired) electrons. The van der Waals surface area contributed by atoms with Crippen LogP contribution >= 0.6 is 11.6 Å². The first-order valence-electron chi connectivity index (χ1n) is 5.89. The van der Waals surface area contributed by atoms with Crippen LogP contribution in [-0.4, -0.2) is 37.9 Å². The summed E-state index contributed by atoms with van der Waals surface area (Å²) in [5.74, 6) is -0.526. The number of carboxylic acid groups (broad SMARTS) is 1. The Labute approximate surface area is 111 Å². The van der Waals surface area contributed by atoms with Crippen LogP contribution in [0.5, 0.6) is 0 Å². The molecule has 1 atom stereocenters. The van der Waals surface area contributed by atoms with E-state index < -0.39 is 5.97 Å². The van der Waals surface area contributed by atoms with Crippen molar-refractivity contribution in [2.24, 2.45) is 5.92 Å². The Bertz CT molecular complexity index is 450. The van der Waals surface area contributed by atoms with Crippen LogP contribution in [0.4, 0.5) is 5.69 Å². The van der Waals surface area contributed by atoms with Gasteiger partial charge >= 0.3 is 5.97 Å². The predicted octanol–water partition coefficient (Wildman–Crippen LogP) is 2.51. The average molecular weight is 270 g/mol. The fourth-order valence-corrected chi connectivity index (χ4v) is 2.66. The van der Waals surface area contributed by atoms with Crippen molar-refractivity contribution in [1.29, 1.82) is 0 Å². The molecule has 1 N–H and O–H groups in total. The molecule has 0 amide bonds. The molecule has 1 unspecified atom stereocenters. The number of carbonyl (C=O) groups is 1. The first-order chi connectivity index (χ1) is 8.63. The van der Waals surface area contributed by atoms with Crippen molar-refractivity contribution in [1.82, 2.24) is 0 Å². The summed E-state index contributed by atoms with van der Waals surface area (Å²) in [5.41, 5.74) is 0.894. The molecule has 4 nitrogen and oxygen atoms in total. The fraction of sp³-hybridized carbons (Fsp3) is 0.462. The number of nitrogens with zero attached hydrogens (tertiary/aromatic N) is 1. The van der Waals surface area contributed by atoms with Crippen LogP contribution in [0.25, 0.3) is 0 Å². The molecule has 1 aromatic carbocycles. The van der Waals surface area contributed by atoms with Gasteiger partial charge in [-0.1, -0.05) is 17.7 Å². The van der Waals surface area contributed by atoms with E-state index in [1.807, 2.05) is 6.07 Å². The number of hydrogen-bond acceptors (Lipinski definition) is 3. The summed E-state index contributed by atoms with van der Waals surface area (Å²) in [4.78, 5) is 13.3. The molecule has 1 aliphatic rings. The van der Waals surface area contributed by atoms with Crippen LogP contribution in [0.15, 0.2) is 18.2 Å². The highest BCUT2D eigenvalue weighted by Crippen LogP contribution is 2.31. The molecule has 98 valence electrons. The molecule has 0 aromatic heterocycles. The zero-order valence-electron chi connectivity index (χ0n) is 10.2. The number of anilines is 1. The second-order valence-electron chi connectivity index (χ2n) is 4.50. The first kappa shape index (κ1) is 13.2. The normalized spacial score (nSPS) is 19.2. The molecule has 1 aliphatic heterocycles. The van der Waals surface area contributed by atoms with Gasteiger partial charge in [0.1, 0.15) is 5.56 Å². The molecule has 5 heteroatoms. The minimum absolute atomic E-state index is 0.192. The van der Waals surface area contributed by atoms with Gasteiger partial charge in [0.15, 0.2) is 0 Å². The lowest BCUT2D eigenvalue weighted by Gasteiger charge is -2.21. The van der Waals surface area contributed by atoms with Gasteiger partial charge in [-0.25, -0.2) is 4.79 Å². The number of halogens is 1. The monoisotopic (exact) mass is 269 g/mol. The van der Waals surface area contributed by atoms with Gasteiger partial charge < -0.3 is 14.7 Å². The molecule has 1 saturated heterocycles. The van der Waals surface area contributed by atoms with Gasteiger partial charge in [0.05, 0.1) is 17.3 Å². The first-order valence-corrected chi connectivity index (χ1v) is 6.27. The van der Waals surface area contributed by atoms with Crippen LogP contribution in [-0.2, 0) is 4.74 Å². The number of rotatable bonds is 4.